The third kappa shape index (κ3) is 2.92. The predicted octanol–water partition coefficient (Wildman–Crippen LogP) is 1.59. The van der Waals surface area contributed by atoms with E-state index in [0.29, 0.717) is 11.5 Å². The molecule has 0 spiro atoms. The Kier molecular flexibility index (Phi) is 4.02. The Hall–Kier alpha value is -2.47. The summed E-state index contributed by atoms with van der Waals surface area (Å²) in [4.78, 5) is 24.5. The van der Waals surface area contributed by atoms with Gasteiger partial charge < -0.3 is 14.9 Å². The van der Waals surface area contributed by atoms with Gasteiger partial charge in [0.2, 0.25) is 5.95 Å². The summed E-state index contributed by atoms with van der Waals surface area (Å²) in [6.07, 6.45) is 1.61. The van der Waals surface area contributed by atoms with Crippen LogP contribution >= 0.6 is 0 Å². The van der Waals surface area contributed by atoms with Crippen molar-refractivity contribution >= 4 is 11.9 Å². The molecule has 1 saturated heterocycles. The van der Waals surface area contributed by atoms with Gasteiger partial charge in [0, 0.05) is 37.9 Å². The second-order valence-corrected chi connectivity index (χ2v) is 5.39. The maximum Gasteiger partial charge on any atom is 0.355 e. The molecule has 2 aromatic rings. The van der Waals surface area contributed by atoms with Gasteiger partial charge in [-0.15, -0.1) is 0 Å². The number of aromatic carboxylic acids is 1. The van der Waals surface area contributed by atoms with Crippen molar-refractivity contribution in [2.45, 2.75) is 0 Å². The fraction of sp³-hybridized carbons (Fsp3) is 0.312. The fourth-order valence-electron chi connectivity index (χ4n) is 2.52. The number of anilines is 1. The van der Waals surface area contributed by atoms with Gasteiger partial charge in [0.1, 0.15) is 0 Å². The zero-order valence-corrected chi connectivity index (χ0v) is 12.4. The molecule has 1 aliphatic rings. The van der Waals surface area contributed by atoms with Gasteiger partial charge in [0.25, 0.3) is 0 Å². The number of carboxylic acids is 1. The Balaban J connectivity index is 1.96. The van der Waals surface area contributed by atoms with Crippen molar-refractivity contribution in [2.75, 3.05) is 38.1 Å². The molecule has 1 aromatic heterocycles. The van der Waals surface area contributed by atoms with Crippen molar-refractivity contribution in [3.05, 3.63) is 42.2 Å². The summed E-state index contributed by atoms with van der Waals surface area (Å²) in [6, 6.07) is 9.36. The molecule has 0 aliphatic carbocycles. The normalized spacial score (nSPS) is 15.8. The molecule has 1 N–H and O–H groups in total. The highest BCUT2D eigenvalue weighted by molar-refractivity contribution is 5.94. The molecule has 22 heavy (non-hydrogen) atoms. The average molecular weight is 298 g/mol. The number of nitrogens with zero attached hydrogens (tertiary/aromatic N) is 4. The van der Waals surface area contributed by atoms with Gasteiger partial charge >= 0.3 is 5.97 Å². The van der Waals surface area contributed by atoms with Crippen molar-refractivity contribution in [3.63, 3.8) is 0 Å². The molecule has 0 bridgehead atoms. The van der Waals surface area contributed by atoms with E-state index in [1.54, 1.807) is 6.20 Å². The quantitative estimate of drug-likeness (QED) is 0.928. The van der Waals surface area contributed by atoms with E-state index in [0.717, 1.165) is 31.7 Å². The molecule has 0 amide bonds. The molecule has 1 fully saturated rings. The minimum absolute atomic E-state index is 0.0510. The van der Waals surface area contributed by atoms with Crippen LogP contribution in [0.25, 0.3) is 11.1 Å². The monoisotopic (exact) mass is 298 g/mol. The van der Waals surface area contributed by atoms with Gasteiger partial charge in [-0.05, 0) is 12.6 Å². The maximum absolute atomic E-state index is 11.6. The maximum atomic E-state index is 11.6. The average Bonchev–Trinajstić information content (AvgIpc) is 2.56. The van der Waals surface area contributed by atoms with E-state index >= 15 is 0 Å². The molecule has 6 nitrogen and oxygen atoms in total. The number of hydrogen-bond acceptors (Lipinski definition) is 5. The molecule has 2 heterocycles. The first-order valence-corrected chi connectivity index (χ1v) is 7.24. The number of piperazine rings is 1. The fourth-order valence-corrected chi connectivity index (χ4v) is 2.52. The van der Waals surface area contributed by atoms with Gasteiger partial charge in [-0.3, -0.25) is 0 Å². The Labute approximate surface area is 129 Å². The standard InChI is InChI=1S/C16H18N4O2/c1-19-7-9-20(10-8-19)16-17-11-13(14(18-16)15(21)22)12-5-3-2-4-6-12/h2-6,11H,7-10H2,1H3,(H,21,22). The van der Waals surface area contributed by atoms with E-state index in [9.17, 15) is 9.90 Å². The van der Waals surface area contributed by atoms with E-state index in [4.69, 9.17) is 0 Å². The van der Waals surface area contributed by atoms with Crippen LogP contribution in [-0.4, -0.2) is 59.2 Å². The van der Waals surface area contributed by atoms with Crippen molar-refractivity contribution in [1.82, 2.24) is 14.9 Å². The smallest absolute Gasteiger partial charge is 0.355 e. The van der Waals surface area contributed by atoms with Crippen LogP contribution in [-0.2, 0) is 0 Å². The molecular formula is C16H18N4O2. The van der Waals surface area contributed by atoms with Crippen LogP contribution in [0.5, 0.6) is 0 Å². The Morgan fingerprint density at radius 3 is 2.45 bits per heavy atom. The number of benzene rings is 1. The van der Waals surface area contributed by atoms with Gasteiger partial charge in [0.15, 0.2) is 5.69 Å². The number of carboxylic acid groups (broad SMARTS) is 1. The first kappa shape index (κ1) is 14.5. The van der Waals surface area contributed by atoms with Crippen LogP contribution in [0, 0.1) is 0 Å². The molecule has 1 aromatic carbocycles. The van der Waals surface area contributed by atoms with Gasteiger partial charge in [-0.25, -0.2) is 14.8 Å². The summed E-state index contributed by atoms with van der Waals surface area (Å²) in [5, 5.41) is 9.47. The SMILES string of the molecule is CN1CCN(c2ncc(-c3ccccc3)c(C(=O)O)n2)CC1. The lowest BCUT2D eigenvalue weighted by Gasteiger charge is -2.32. The van der Waals surface area contributed by atoms with Crippen molar-refractivity contribution in [1.29, 1.82) is 0 Å². The van der Waals surface area contributed by atoms with Crippen LogP contribution < -0.4 is 4.90 Å². The number of hydrogen-bond donors (Lipinski definition) is 1. The highest BCUT2D eigenvalue weighted by Gasteiger charge is 2.20. The lowest BCUT2D eigenvalue weighted by Crippen LogP contribution is -2.45. The second-order valence-electron chi connectivity index (χ2n) is 5.39. The molecule has 1 aliphatic heterocycles. The zero-order chi connectivity index (χ0) is 15.5. The summed E-state index contributed by atoms with van der Waals surface area (Å²) >= 11 is 0. The van der Waals surface area contributed by atoms with E-state index in [-0.39, 0.29) is 5.69 Å². The van der Waals surface area contributed by atoms with E-state index in [2.05, 4.69) is 21.9 Å². The first-order chi connectivity index (χ1) is 10.6. The Morgan fingerprint density at radius 2 is 1.82 bits per heavy atom. The molecule has 0 saturated carbocycles. The summed E-state index contributed by atoms with van der Waals surface area (Å²) < 4.78 is 0. The molecule has 6 heteroatoms. The van der Waals surface area contributed by atoms with E-state index in [1.165, 1.54) is 0 Å². The minimum Gasteiger partial charge on any atom is -0.476 e. The van der Waals surface area contributed by atoms with E-state index in [1.807, 2.05) is 35.2 Å². The van der Waals surface area contributed by atoms with Crippen LogP contribution in [0.4, 0.5) is 5.95 Å². The van der Waals surface area contributed by atoms with Gasteiger partial charge in [-0.1, -0.05) is 30.3 Å². The molecule has 0 atom stereocenters. The van der Waals surface area contributed by atoms with Crippen LogP contribution in [0.3, 0.4) is 0 Å². The third-order valence-electron chi connectivity index (χ3n) is 3.85. The number of rotatable bonds is 3. The minimum atomic E-state index is -1.03. The summed E-state index contributed by atoms with van der Waals surface area (Å²) in [5.41, 5.74) is 1.41. The van der Waals surface area contributed by atoms with Crippen LogP contribution in [0.1, 0.15) is 10.5 Å². The summed E-state index contributed by atoms with van der Waals surface area (Å²) in [7, 11) is 2.07. The van der Waals surface area contributed by atoms with Crippen LogP contribution in [0.2, 0.25) is 0 Å². The molecule has 3 rings (SSSR count). The van der Waals surface area contributed by atoms with Gasteiger partial charge in [0.05, 0.1) is 0 Å². The molecule has 114 valence electrons. The lowest BCUT2D eigenvalue weighted by molar-refractivity contribution is 0.0691. The van der Waals surface area contributed by atoms with Crippen molar-refractivity contribution in [2.24, 2.45) is 0 Å². The third-order valence-corrected chi connectivity index (χ3v) is 3.85. The Bertz CT molecular complexity index is 667. The zero-order valence-electron chi connectivity index (χ0n) is 12.4. The lowest BCUT2D eigenvalue weighted by atomic mass is 10.1. The van der Waals surface area contributed by atoms with E-state index < -0.39 is 5.97 Å². The van der Waals surface area contributed by atoms with Crippen molar-refractivity contribution < 1.29 is 9.90 Å². The second kappa shape index (κ2) is 6.11. The molecule has 0 radical (unpaired) electrons. The number of aromatic nitrogens is 2. The summed E-state index contributed by atoms with van der Waals surface area (Å²) in [6.45, 7) is 3.46. The first-order valence-electron chi connectivity index (χ1n) is 7.24. The topological polar surface area (TPSA) is 69.6 Å². The van der Waals surface area contributed by atoms with Crippen LogP contribution in [0.15, 0.2) is 36.5 Å². The number of carbonyl (C=O) groups is 1. The summed E-state index contributed by atoms with van der Waals surface area (Å²) in [5.74, 6) is -0.540. The predicted molar refractivity (Wildman–Crippen MR) is 84.1 cm³/mol. The Morgan fingerprint density at radius 1 is 1.14 bits per heavy atom. The van der Waals surface area contributed by atoms with Crippen molar-refractivity contribution in [3.8, 4) is 11.1 Å². The highest BCUT2D eigenvalue weighted by Crippen LogP contribution is 2.23. The molecule has 0 unspecified atom stereocenters. The molecular weight excluding hydrogens is 280 g/mol. The largest absolute Gasteiger partial charge is 0.476 e. The van der Waals surface area contributed by atoms with Gasteiger partial charge in [-0.2, -0.15) is 0 Å². The highest BCUT2D eigenvalue weighted by atomic mass is 16.4. The number of likely N-dealkylation sites (N-methyl/N-ethyl adjacent to an activating group) is 1.